The largest absolute Gasteiger partial charge is 0.508 e. The molecule has 5 rings (SSSR count). The molecule has 14 nitrogen and oxygen atoms in total. The molecule has 0 unspecified atom stereocenters. The molecule has 0 amide bonds. The van der Waals surface area contributed by atoms with Crippen LogP contribution < -0.4 is 10.2 Å². The lowest BCUT2D eigenvalue weighted by Gasteiger charge is -2.40. The summed E-state index contributed by atoms with van der Waals surface area (Å²) in [5.41, 5.74) is -2.09. The zero-order chi connectivity index (χ0) is 28.8. The Kier molecular flexibility index (Phi) is 7.71. The van der Waals surface area contributed by atoms with Gasteiger partial charge in [0.1, 0.15) is 70.1 Å². The van der Waals surface area contributed by atoms with Crippen molar-refractivity contribution in [2.24, 2.45) is 0 Å². The first-order chi connectivity index (χ1) is 19.0. The van der Waals surface area contributed by atoms with Crippen molar-refractivity contribution in [3.05, 3.63) is 52.7 Å². The summed E-state index contributed by atoms with van der Waals surface area (Å²) in [5, 5.41) is 80.6. The highest BCUT2D eigenvalue weighted by Crippen LogP contribution is 2.34. The van der Waals surface area contributed by atoms with Crippen LogP contribution in [0.1, 0.15) is 0 Å². The van der Waals surface area contributed by atoms with Crippen molar-refractivity contribution in [1.29, 1.82) is 0 Å². The smallest absolute Gasteiger partial charge is 0.229 e. The Morgan fingerprint density at radius 3 is 2.35 bits per heavy atom. The molecule has 2 saturated heterocycles. The average Bonchev–Trinajstić information content (AvgIpc) is 3.21. The van der Waals surface area contributed by atoms with Gasteiger partial charge in [-0.25, -0.2) is 0 Å². The van der Waals surface area contributed by atoms with E-state index in [4.69, 9.17) is 23.4 Å². The van der Waals surface area contributed by atoms with Gasteiger partial charge in [0.2, 0.25) is 6.29 Å². The molecule has 0 bridgehead atoms. The van der Waals surface area contributed by atoms with Crippen molar-refractivity contribution in [3.8, 4) is 28.6 Å². The third-order valence-corrected chi connectivity index (χ3v) is 6.86. The Morgan fingerprint density at radius 2 is 1.68 bits per heavy atom. The molecule has 8 atom stereocenters. The molecule has 2 aliphatic rings. The number of benzene rings is 2. The van der Waals surface area contributed by atoms with Crippen molar-refractivity contribution in [3.63, 3.8) is 0 Å². The van der Waals surface area contributed by atoms with E-state index in [2.05, 4.69) is 0 Å². The van der Waals surface area contributed by atoms with Gasteiger partial charge in [-0.15, -0.1) is 0 Å². The van der Waals surface area contributed by atoms with Crippen LogP contribution in [0.2, 0.25) is 0 Å². The van der Waals surface area contributed by atoms with Crippen molar-refractivity contribution < 1.29 is 64.2 Å². The lowest BCUT2D eigenvalue weighted by Crippen LogP contribution is -2.60. The number of aromatic hydroxyl groups is 2. The van der Waals surface area contributed by atoms with E-state index in [9.17, 15) is 45.6 Å². The van der Waals surface area contributed by atoms with Gasteiger partial charge in [0.25, 0.3) is 0 Å². The highest BCUT2D eigenvalue weighted by Gasteiger charge is 2.50. The second-order valence-electron chi connectivity index (χ2n) is 9.69. The predicted molar refractivity (Wildman–Crippen MR) is 132 cm³/mol. The molecule has 14 heteroatoms. The molecule has 2 aliphatic heterocycles. The Balaban J connectivity index is 1.35. The third kappa shape index (κ3) is 5.24. The summed E-state index contributed by atoms with van der Waals surface area (Å²) in [6.45, 7) is -1.68. The minimum atomic E-state index is -1.94. The van der Waals surface area contributed by atoms with E-state index < -0.39 is 79.7 Å². The summed E-state index contributed by atoms with van der Waals surface area (Å²) < 4.78 is 27.5. The quantitative estimate of drug-likeness (QED) is 0.164. The van der Waals surface area contributed by atoms with E-state index in [1.807, 2.05) is 0 Å². The van der Waals surface area contributed by atoms with E-state index in [-0.39, 0.29) is 28.2 Å². The van der Waals surface area contributed by atoms with Crippen LogP contribution in [-0.4, -0.2) is 109 Å². The highest BCUT2D eigenvalue weighted by atomic mass is 16.7. The first-order valence-corrected chi connectivity index (χ1v) is 12.2. The number of hydrogen-bond donors (Lipinski definition) is 8. The maximum Gasteiger partial charge on any atom is 0.229 e. The van der Waals surface area contributed by atoms with Gasteiger partial charge >= 0.3 is 0 Å². The summed E-state index contributed by atoms with van der Waals surface area (Å²) in [4.78, 5) is 12.7. The summed E-state index contributed by atoms with van der Waals surface area (Å²) >= 11 is 0. The van der Waals surface area contributed by atoms with Gasteiger partial charge in [-0.2, -0.15) is 0 Å². The van der Waals surface area contributed by atoms with Crippen LogP contribution in [0.25, 0.3) is 22.3 Å². The lowest BCUT2D eigenvalue weighted by atomic mass is 9.99. The third-order valence-electron chi connectivity index (χ3n) is 6.86. The standard InChI is InChI=1S/C26H28O14/c27-9-26(35)10-37-25(23(26)34)36-8-18-20(31)21(32)22(33)24(40-18)38-13-5-14(29)19-15(30)7-16(39-17(19)6-13)11-1-3-12(28)4-2-11/h1-7,18,20-25,27-29,31-35H,8-10H2/t18-,20+,21-,22+,23+,24+,25+,26+/m0/s1. The Labute approximate surface area is 225 Å². The van der Waals surface area contributed by atoms with Crippen LogP contribution in [0.3, 0.4) is 0 Å². The van der Waals surface area contributed by atoms with Crippen LogP contribution in [0.5, 0.6) is 17.2 Å². The fourth-order valence-corrected chi connectivity index (χ4v) is 4.49. The molecule has 1 aromatic heterocycles. The first kappa shape index (κ1) is 28.2. The average molecular weight is 564 g/mol. The number of hydrogen-bond acceptors (Lipinski definition) is 14. The molecular weight excluding hydrogens is 536 g/mol. The molecular formula is C26H28O14. The van der Waals surface area contributed by atoms with Gasteiger partial charge in [-0.05, 0) is 24.3 Å². The van der Waals surface area contributed by atoms with Crippen LogP contribution >= 0.6 is 0 Å². The van der Waals surface area contributed by atoms with Crippen molar-refractivity contribution in [2.45, 2.75) is 48.7 Å². The first-order valence-electron chi connectivity index (χ1n) is 12.2. The second kappa shape index (κ2) is 10.9. The summed E-state index contributed by atoms with van der Waals surface area (Å²) in [6.07, 6.45) is -11.1. The Morgan fingerprint density at radius 1 is 0.950 bits per heavy atom. The zero-order valence-corrected chi connectivity index (χ0v) is 20.7. The fourth-order valence-electron chi connectivity index (χ4n) is 4.49. The van der Waals surface area contributed by atoms with E-state index in [1.54, 1.807) is 0 Å². The van der Waals surface area contributed by atoms with Gasteiger partial charge in [0.15, 0.2) is 11.7 Å². The number of phenolic OH excluding ortho intramolecular Hbond substituents is 2. The van der Waals surface area contributed by atoms with E-state index in [1.165, 1.54) is 36.4 Å². The lowest BCUT2D eigenvalue weighted by molar-refractivity contribution is -0.289. The van der Waals surface area contributed by atoms with Gasteiger partial charge in [-0.1, -0.05) is 0 Å². The van der Waals surface area contributed by atoms with E-state index in [0.717, 1.165) is 6.07 Å². The Bertz CT molecular complexity index is 1410. The molecule has 0 aliphatic carbocycles. The fraction of sp³-hybridized carbons (Fsp3) is 0.423. The molecule has 8 N–H and O–H groups in total. The number of aliphatic hydroxyl groups is 6. The SMILES string of the molecule is O=c1cc(-c2ccc(O)cc2)oc2cc(O[C@@H]3O[C@@H](CO[C@@H]4OC[C@](O)(CO)[C@@H]4O)[C@@H](O)[C@H](O)[C@H]3O)cc(O)c12. The summed E-state index contributed by atoms with van der Waals surface area (Å²) in [6, 6.07) is 9.39. The van der Waals surface area contributed by atoms with Crippen LogP contribution in [-0.2, 0) is 14.2 Å². The number of aliphatic hydroxyl groups excluding tert-OH is 5. The normalized spacial score (nSPS) is 32.4. The molecule has 216 valence electrons. The van der Waals surface area contributed by atoms with Crippen LogP contribution in [0, 0.1) is 0 Å². The van der Waals surface area contributed by atoms with Crippen molar-refractivity contribution >= 4 is 11.0 Å². The minimum Gasteiger partial charge on any atom is -0.508 e. The maximum absolute atomic E-state index is 12.7. The van der Waals surface area contributed by atoms with Gasteiger partial charge in [-0.3, -0.25) is 4.79 Å². The molecule has 0 radical (unpaired) electrons. The molecule has 2 fully saturated rings. The predicted octanol–water partition coefficient (Wildman–Crippen LogP) is -1.49. The number of ether oxygens (including phenoxy) is 4. The summed E-state index contributed by atoms with van der Waals surface area (Å²) in [5.74, 6) is -0.456. The molecule has 2 aromatic carbocycles. The molecule has 0 spiro atoms. The van der Waals surface area contributed by atoms with Gasteiger partial charge in [0, 0.05) is 23.8 Å². The van der Waals surface area contributed by atoms with E-state index in [0.29, 0.717) is 5.56 Å². The zero-order valence-electron chi connectivity index (χ0n) is 20.7. The van der Waals surface area contributed by atoms with E-state index >= 15 is 0 Å². The topological polar surface area (TPSA) is 229 Å². The van der Waals surface area contributed by atoms with Crippen molar-refractivity contribution in [1.82, 2.24) is 0 Å². The van der Waals surface area contributed by atoms with Crippen LogP contribution in [0.4, 0.5) is 0 Å². The van der Waals surface area contributed by atoms with Crippen LogP contribution in [0.15, 0.2) is 51.7 Å². The van der Waals surface area contributed by atoms with Gasteiger partial charge < -0.3 is 64.2 Å². The molecule has 0 saturated carbocycles. The summed E-state index contributed by atoms with van der Waals surface area (Å²) in [7, 11) is 0. The minimum absolute atomic E-state index is 0.0147. The van der Waals surface area contributed by atoms with Gasteiger partial charge in [0.05, 0.1) is 19.8 Å². The molecule has 3 heterocycles. The Hall–Kier alpha value is -3.31. The van der Waals surface area contributed by atoms with Crippen molar-refractivity contribution in [2.75, 3.05) is 19.8 Å². The number of rotatable bonds is 7. The monoisotopic (exact) mass is 564 g/mol. The second-order valence-corrected chi connectivity index (χ2v) is 9.69. The maximum atomic E-state index is 12.7. The molecule has 3 aromatic rings. The number of phenols is 2. The number of fused-ring (bicyclic) bond motifs is 1. The highest BCUT2D eigenvalue weighted by molar-refractivity contribution is 5.86. The molecule has 40 heavy (non-hydrogen) atoms.